The number of carbonyl (C=O) groups excluding carboxylic acids is 1. The van der Waals surface area contributed by atoms with E-state index in [0.29, 0.717) is 24.4 Å². The molecule has 126 valence electrons. The standard InChI is InChI=1S/C19H22N2O3/c1-12-5-6-15(7-13(12)2)19(23)21-10-17(11-21)24-16-8-14(3)20(4)18(22)9-16/h5-9,17H,10-11H2,1-4H3. The van der Waals surface area contributed by atoms with Gasteiger partial charge in [0.1, 0.15) is 11.9 Å². The average Bonchev–Trinajstić information content (AvgIpc) is 2.50. The van der Waals surface area contributed by atoms with Crippen LogP contribution in [-0.2, 0) is 7.05 Å². The lowest BCUT2D eigenvalue weighted by Gasteiger charge is -2.39. The van der Waals surface area contributed by atoms with Crippen molar-refractivity contribution in [3.8, 4) is 5.75 Å². The first-order valence-corrected chi connectivity index (χ1v) is 8.06. The second-order valence-electron chi connectivity index (χ2n) is 6.48. The van der Waals surface area contributed by atoms with Gasteiger partial charge in [-0.05, 0) is 50.1 Å². The number of amides is 1. The summed E-state index contributed by atoms with van der Waals surface area (Å²) in [5.41, 5.74) is 3.76. The highest BCUT2D eigenvalue weighted by molar-refractivity contribution is 5.95. The van der Waals surface area contributed by atoms with Gasteiger partial charge in [0.2, 0.25) is 0 Å². The van der Waals surface area contributed by atoms with Crippen LogP contribution in [0.15, 0.2) is 35.1 Å². The molecule has 0 spiro atoms. The van der Waals surface area contributed by atoms with Crippen LogP contribution in [0.4, 0.5) is 0 Å². The molecule has 1 amide bonds. The van der Waals surface area contributed by atoms with Crippen molar-refractivity contribution in [2.24, 2.45) is 7.05 Å². The molecular weight excluding hydrogens is 304 g/mol. The van der Waals surface area contributed by atoms with Gasteiger partial charge in [0, 0.05) is 24.4 Å². The third kappa shape index (κ3) is 3.07. The van der Waals surface area contributed by atoms with Gasteiger partial charge in [-0.3, -0.25) is 9.59 Å². The Hall–Kier alpha value is -2.56. The third-order valence-corrected chi connectivity index (χ3v) is 4.67. The molecule has 2 aromatic rings. The van der Waals surface area contributed by atoms with Crippen molar-refractivity contribution < 1.29 is 9.53 Å². The first kappa shape index (κ1) is 16.3. The largest absolute Gasteiger partial charge is 0.486 e. The number of hydrogen-bond acceptors (Lipinski definition) is 3. The van der Waals surface area contributed by atoms with Crippen LogP contribution in [0.5, 0.6) is 5.75 Å². The molecule has 1 saturated heterocycles. The molecule has 1 aromatic carbocycles. The van der Waals surface area contributed by atoms with Gasteiger partial charge in [0.05, 0.1) is 13.1 Å². The Kier molecular flexibility index (Phi) is 4.18. The number of aromatic nitrogens is 1. The predicted octanol–water partition coefficient (Wildman–Crippen LogP) is 2.21. The highest BCUT2D eigenvalue weighted by Gasteiger charge is 2.33. The van der Waals surface area contributed by atoms with Crippen LogP contribution in [0.3, 0.4) is 0 Å². The second kappa shape index (κ2) is 6.15. The van der Waals surface area contributed by atoms with E-state index in [1.54, 1.807) is 16.5 Å². The minimum absolute atomic E-state index is 0.0260. The SMILES string of the molecule is Cc1ccc(C(=O)N2CC(Oc3cc(C)n(C)c(=O)c3)C2)cc1C. The van der Waals surface area contributed by atoms with Gasteiger partial charge in [-0.1, -0.05) is 6.07 Å². The number of benzene rings is 1. The number of hydrogen-bond donors (Lipinski definition) is 0. The summed E-state index contributed by atoms with van der Waals surface area (Å²) < 4.78 is 7.39. The summed E-state index contributed by atoms with van der Waals surface area (Å²) in [4.78, 5) is 26.0. The van der Waals surface area contributed by atoms with Crippen molar-refractivity contribution in [3.63, 3.8) is 0 Å². The number of pyridine rings is 1. The summed E-state index contributed by atoms with van der Waals surface area (Å²) in [6.07, 6.45) is -0.0630. The molecule has 0 bridgehead atoms. The number of carbonyl (C=O) groups is 1. The van der Waals surface area contributed by atoms with Gasteiger partial charge >= 0.3 is 0 Å². The zero-order chi connectivity index (χ0) is 17.4. The van der Waals surface area contributed by atoms with E-state index in [0.717, 1.165) is 11.3 Å². The maximum Gasteiger partial charge on any atom is 0.254 e. The molecule has 0 aliphatic carbocycles. The molecule has 0 saturated carbocycles. The number of aryl methyl sites for hydroxylation is 3. The number of nitrogens with zero attached hydrogens (tertiary/aromatic N) is 2. The van der Waals surface area contributed by atoms with Crippen molar-refractivity contribution >= 4 is 5.91 Å². The molecule has 1 aliphatic heterocycles. The second-order valence-corrected chi connectivity index (χ2v) is 6.48. The fourth-order valence-electron chi connectivity index (χ4n) is 2.73. The lowest BCUT2D eigenvalue weighted by molar-refractivity contribution is 0.0176. The average molecular weight is 326 g/mol. The van der Waals surface area contributed by atoms with E-state index in [1.807, 2.05) is 45.0 Å². The van der Waals surface area contributed by atoms with Crippen LogP contribution in [0, 0.1) is 20.8 Å². The molecular formula is C19H22N2O3. The third-order valence-electron chi connectivity index (χ3n) is 4.67. The molecule has 1 aromatic heterocycles. The van der Waals surface area contributed by atoms with Crippen LogP contribution in [-0.4, -0.2) is 34.6 Å². The van der Waals surface area contributed by atoms with Gasteiger partial charge in [-0.15, -0.1) is 0 Å². The molecule has 0 unspecified atom stereocenters. The van der Waals surface area contributed by atoms with Crippen LogP contribution in [0.25, 0.3) is 0 Å². The van der Waals surface area contributed by atoms with Crippen molar-refractivity contribution in [2.45, 2.75) is 26.9 Å². The monoisotopic (exact) mass is 326 g/mol. The summed E-state index contributed by atoms with van der Waals surface area (Å²) in [5, 5.41) is 0. The highest BCUT2D eigenvalue weighted by atomic mass is 16.5. The molecule has 5 heteroatoms. The zero-order valence-electron chi connectivity index (χ0n) is 14.5. The molecule has 3 rings (SSSR count). The van der Waals surface area contributed by atoms with E-state index < -0.39 is 0 Å². The smallest absolute Gasteiger partial charge is 0.254 e. The van der Waals surface area contributed by atoms with E-state index in [9.17, 15) is 9.59 Å². The Morgan fingerprint density at radius 3 is 2.42 bits per heavy atom. The normalized spacial score (nSPS) is 14.4. The molecule has 2 heterocycles. The Labute approximate surface area is 141 Å². The molecule has 1 fully saturated rings. The summed E-state index contributed by atoms with van der Waals surface area (Å²) in [6, 6.07) is 9.09. The first-order valence-electron chi connectivity index (χ1n) is 8.06. The van der Waals surface area contributed by atoms with Crippen LogP contribution in [0.1, 0.15) is 27.2 Å². The van der Waals surface area contributed by atoms with E-state index in [1.165, 1.54) is 11.6 Å². The minimum atomic E-state index is -0.0904. The van der Waals surface area contributed by atoms with Crippen molar-refractivity contribution in [3.05, 3.63) is 63.1 Å². The predicted molar refractivity (Wildman–Crippen MR) is 92.7 cm³/mol. The lowest BCUT2D eigenvalue weighted by atomic mass is 10.0. The first-order chi connectivity index (χ1) is 11.3. The van der Waals surface area contributed by atoms with Crippen molar-refractivity contribution in [1.29, 1.82) is 0 Å². The summed E-state index contributed by atoms with van der Waals surface area (Å²) in [7, 11) is 1.73. The number of likely N-dealkylation sites (tertiary alicyclic amines) is 1. The Bertz CT molecular complexity index is 848. The van der Waals surface area contributed by atoms with Crippen LogP contribution >= 0.6 is 0 Å². The van der Waals surface area contributed by atoms with Gasteiger partial charge in [-0.2, -0.15) is 0 Å². The fourth-order valence-corrected chi connectivity index (χ4v) is 2.73. The van der Waals surface area contributed by atoms with Crippen LogP contribution < -0.4 is 10.3 Å². The van der Waals surface area contributed by atoms with Crippen LogP contribution in [0.2, 0.25) is 0 Å². The molecule has 0 atom stereocenters. The molecule has 1 aliphatic rings. The highest BCUT2D eigenvalue weighted by Crippen LogP contribution is 2.20. The summed E-state index contributed by atoms with van der Waals surface area (Å²) in [6.45, 7) is 6.99. The maximum atomic E-state index is 12.5. The number of ether oxygens (including phenoxy) is 1. The zero-order valence-corrected chi connectivity index (χ0v) is 14.5. The molecule has 0 N–H and O–H groups in total. The fraction of sp³-hybridized carbons (Fsp3) is 0.368. The summed E-state index contributed by atoms with van der Waals surface area (Å²) in [5.74, 6) is 0.594. The van der Waals surface area contributed by atoms with E-state index >= 15 is 0 Å². The van der Waals surface area contributed by atoms with Gasteiger partial charge in [0.25, 0.3) is 11.5 Å². The van der Waals surface area contributed by atoms with E-state index in [-0.39, 0.29) is 17.6 Å². The van der Waals surface area contributed by atoms with E-state index in [4.69, 9.17) is 4.74 Å². The summed E-state index contributed by atoms with van der Waals surface area (Å²) >= 11 is 0. The topological polar surface area (TPSA) is 51.5 Å². The Balaban J connectivity index is 1.62. The van der Waals surface area contributed by atoms with Crippen molar-refractivity contribution in [1.82, 2.24) is 9.47 Å². The molecule has 24 heavy (non-hydrogen) atoms. The quantitative estimate of drug-likeness (QED) is 0.869. The molecule has 0 radical (unpaired) electrons. The minimum Gasteiger partial charge on any atom is -0.486 e. The lowest BCUT2D eigenvalue weighted by Crippen LogP contribution is -2.56. The van der Waals surface area contributed by atoms with E-state index in [2.05, 4.69) is 0 Å². The molecule has 5 nitrogen and oxygen atoms in total. The Morgan fingerprint density at radius 1 is 1.08 bits per heavy atom. The van der Waals surface area contributed by atoms with Gasteiger partial charge in [-0.25, -0.2) is 0 Å². The maximum absolute atomic E-state index is 12.5. The van der Waals surface area contributed by atoms with Crippen molar-refractivity contribution in [2.75, 3.05) is 13.1 Å². The Morgan fingerprint density at radius 2 is 1.79 bits per heavy atom. The van der Waals surface area contributed by atoms with Gasteiger partial charge in [0.15, 0.2) is 0 Å². The van der Waals surface area contributed by atoms with Gasteiger partial charge < -0.3 is 14.2 Å². The number of rotatable bonds is 3.